The van der Waals surface area contributed by atoms with Gasteiger partial charge in [-0.1, -0.05) is 24.7 Å². The van der Waals surface area contributed by atoms with Gasteiger partial charge in [0.05, 0.1) is 0 Å². The number of carbonyl (C=O) groups is 1. The molecule has 1 heterocycles. The second kappa shape index (κ2) is 8.84. The summed E-state index contributed by atoms with van der Waals surface area (Å²) in [5.74, 6) is 0.393. The molecule has 0 aliphatic heterocycles. The maximum atomic E-state index is 12.2. The third-order valence-corrected chi connectivity index (χ3v) is 4.68. The summed E-state index contributed by atoms with van der Waals surface area (Å²) in [4.78, 5) is 19.0. The summed E-state index contributed by atoms with van der Waals surface area (Å²) in [6.07, 6.45) is 1.61. The monoisotopic (exact) mass is 314 g/mol. The second-order valence-corrected chi connectivity index (χ2v) is 5.86. The Labute approximate surface area is 130 Å². The van der Waals surface area contributed by atoms with E-state index in [0.717, 1.165) is 24.6 Å². The number of rotatable bonds is 9. The van der Waals surface area contributed by atoms with Crippen LogP contribution in [0.2, 0.25) is 0 Å². The number of anilines is 2. The Kier molecular flexibility index (Phi) is 7.45. The zero-order valence-corrected chi connectivity index (χ0v) is 13.9. The maximum absolute atomic E-state index is 12.2. The smallest absolute Gasteiger partial charge is 0.265 e. The van der Waals surface area contributed by atoms with Crippen LogP contribution in [0, 0.1) is 5.92 Å². The van der Waals surface area contributed by atoms with Crippen molar-refractivity contribution >= 4 is 28.2 Å². The minimum absolute atomic E-state index is 0.142. The van der Waals surface area contributed by atoms with Crippen LogP contribution < -0.4 is 16.0 Å². The van der Waals surface area contributed by atoms with E-state index in [1.807, 2.05) is 20.8 Å². The predicted molar refractivity (Wildman–Crippen MR) is 87.9 cm³/mol. The normalized spacial score (nSPS) is 12.2. The van der Waals surface area contributed by atoms with Crippen molar-refractivity contribution in [3.63, 3.8) is 0 Å². The van der Waals surface area contributed by atoms with Gasteiger partial charge in [-0.25, -0.2) is 4.98 Å². The number of carbonyl (C=O) groups excluding carboxylic acids is 1. The minimum Gasteiger partial charge on any atom is -0.396 e. The first-order valence-corrected chi connectivity index (χ1v) is 8.29. The number of aromatic nitrogens is 1. The van der Waals surface area contributed by atoms with Gasteiger partial charge in [-0.05, 0) is 26.2 Å². The molecule has 0 spiro atoms. The van der Waals surface area contributed by atoms with Gasteiger partial charge in [0.1, 0.15) is 10.7 Å². The zero-order valence-electron chi connectivity index (χ0n) is 13.1. The quantitative estimate of drug-likeness (QED) is 0.645. The highest BCUT2D eigenvalue weighted by molar-refractivity contribution is 7.18. The fourth-order valence-electron chi connectivity index (χ4n) is 2.06. The van der Waals surface area contributed by atoms with Crippen molar-refractivity contribution in [3.8, 4) is 0 Å². The highest BCUT2D eigenvalue weighted by atomic mass is 32.1. The lowest BCUT2D eigenvalue weighted by Gasteiger charge is -2.16. The van der Waals surface area contributed by atoms with E-state index < -0.39 is 0 Å². The first-order chi connectivity index (χ1) is 10.1. The standard InChI is InChI=1S/C14H26N4O2S/c1-4-10(7-8-19)9-16-13(20)11-12(15)17-14(21-11)18(5-2)6-3/h10,19H,4-9,15H2,1-3H3,(H,16,20). The number of thiazole rings is 1. The molecule has 0 aliphatic rings. The van der Waals surface area contributed by atoms with Crippen molar-refractivity contribution < 1.29 is 9.90 Å². The molecule has 0 radical (unpaired) electrons. The van der Waals surface area contributed by atoms with E-state index in [-0.39, 0.29) is 24.2 Å². The SMILES string of the molecule is CCC(CCO)CNC(=O)c1sc(N(CC)CC)nc1N. The summed E-state index contributed by atoms with van der Waals surface area (Å²) < 4.78 is 0. The molecule has 1 unspecified atom stereocenters. The number of nitrogens with zero attached hydrogens (tertiary/aromatic N) is 2. The van der Waals surface area contributed by atoms with Gasteiger partial charge >= 0.3 is 0 Å². The summed E-state index contributed by atoms with van der Waals surface area (Å²) in [6, 6.07) is 0. The van der Waals surface area contributed by atoms with E-state index >= 15 is 0 Å². The van der Waals surface area contributed by atoms with Gasteiger partial charge in [0, 0.05) is 26.2 Å². The van der Waals surface area contributed by atoms with E-state index in [0.29, 0.717) is 17.8 Å². The molecule has 1 rings (SSSR count). The third kappa shape index (κ3) is 4.86. The fraction of sp³-hybridized carbons (Fsp3) is 0.714. The van der Waals surface area contributed by atoms with Gasteiger partial charge in [0.2, 0.25) is 0 Å². The van der Waals surface area contributed by atoms with Crippen LogP contribution in [-0.2, 0) is 0 Å². The molecular formula is C14H26N4O2S. The molecule has 1 atom stereocenters. The molecule has 1 aromatic heterocycles. The van der Waals surface area contributed by atoms with Crippen LogP contribution in [-0.4, -0.2) is 42.2 Å². The van der Waals surface area contributed by atoms with Crippen LogP contribution in [0.25, 0.3) is 0 Å². The van der Waals surface area contributed by atoms with Crippen LogP contribution in [0.3, 0.4) is 0 Å². The number of amides is 1. The van der Waals surface area contributed by atoms with Gasteiger partial charge in [-0.15, -0.1) is 0 Å². The summed E-state index contributed by atoms with van der Waals surface area (Å²) >= 11 is 1.33. The average molecular weight is 314 g/mol. The molecule has 0 fully saturated rings. The molecule has 120 valence electrons. The Morgan fingerprint density at radius 1 is 1.43 bits per heavy atom. The minimum atomic E-state index is -0.181. The third-order valence-electron chi connectivity index (χ3n) is 3.55. The number of nitrogens with two attached hydrogens (primary N) is 1. The summed E-state index contributed by atoms with van der Waals surface area (Å²) in [5, 5.41) is 12.6. The average Bonchev–Trinajstić information content (AvgIpc) is 2.86. The van der Waals surface area contributed by atoms with E-state index in [1.165, 1.54) is 11.3 Å². The summed E-state index contributed by atoms with van der Waals surface area (Å²) in [7, 11) is 0. The fourth-order valence-corrected chi connectivity index (χ4v) is 3.09. The zero-order chi connectivity index (χ0) is 15.8. The Hall–Kier alpha value is -1.34. The number of aliphatic hydroxyl groups is 1. The first-order valence-electron chi connectivity index (χ1n) is 7.47. The number of hydrogen-bond donors (Lipinski definition) is 3. The number of nitrogens with one attached hydrogen (secondary N) is 1. The lowest BCUT2D eigenvalue weighted by atomic mass is 10.0. The predicted octanol–water partition coefficient (Wildman–Crippen LogP) is 1.71. The first kappa shape index (κ1) is 17.7. The largest absolute Gasteiger partial charge is 0.396 e. The van der Waals surface area contributed by atoms with Gasteiger partial charge < -0.3 is 21.1 Å². The van der Waals surface area contributed by atoms with E-state index in [4.69, 9.17) is 10.8 Å². The Balaban J connectivity index is 2.70. The molecule has 1 amide bonds. The van der Waals surface area contributed by atoms with E-state index in [9.17, 15) is 4.79 Å². The molecular weight excluding hydrogens is 288 g/mol. The molecule has 0 aromatic carbocycles. The molecule has 6 nitrogen and oxygen atoms in total. The Bertz CT molecular complexity index is 446. The molecule has 0 bridgehead atoms. The van der Waals surface area contributed by atoms with Crippen LogP contribution in [0.1, 0.15) is 43.3 Å². The van der Waals surface area contributed by atoms with E-state index in [1.54, 1.807) is 0 Å². The lowest BCUT2D eigenvalue weighted by molar-refractivity contribution is 0.0948. The topological polar surface area (TPSA) is 91.5 Å². The number of aliphatic hydroxyl groups excluding tert-OH is 1. The number of nitrogen functional groups attached to an aromatic ring is 1. The van der Waals surface area contributed by atoms with Crippen molar-refractivity contribution in [1.29, 1.82) is 0 Å². The van der Waals surface area contributed by atoms with Crippen molar-refractivity contribution in [2.24, 2.45) is 5.92 Å². The second-order valence-electron chi connectivity index (χ2n) is 4.88. The van der Waals surface area contributed by atoms with Gasteiger partial charge in [0.25, 0.3) is 5.91 Å². The van der Waals surface area contributed by atoms with Gasteiger partial charge in [0.15, 0.2) is 5.13 Å². The van der Waals surface area contributed by atoms with E-state index in [2.05, 4.69) is 15.2 Å². The Morgan fingerprint density at radius 3 is 2.62 bits per heavy atom. The number of hydrogen-bond acceptors (Lipinski definition) is 6. The summed E-state index contributed by atoms with van der Waals surface area (Å²) in [6.45, 7) is 8.49. The Morgan fingerprint density at radius 2 is 2.10 bits per heavy atom. The molecule has 0 saturated heterocycles. The molecule has 0 saturated carbocycles. The van der Waals surface area contributed by atoms with Gasteiger partial charge in [-0.3, -0.25) is 4.79 Å². The van der Waals surface area contributed by atoms with Crippen LogP contribution >= 0.6 is 11.3 Å². The molecule has 7 heteroatoms. The van der Waals surface area contributed by atoms with Crippen molar-refractivity contribution in [2.75, 3.05) is 36.9 Å². The van der Waals surface area contributed by atoms with Crippen molar-refractivity contribution in [1.82, 2.24) is 10.3 Å². The summed E-state index contributed by atoms with van der Waals surface area (Å²) in [5.41, 5.74) is 5.86. The van der Waals surface area contributed by atoms with Crippen molar-refractivity contribution in [3.05, 3.63) is 4.88 Å². The maximum Gasteiger partial charge on any atom is 0.265 e. The van der Waals surface area contributed by atoms with Crippen molar-refractivity contribution in [2.45, 2.75) is 33.6 Å². The molecule has 1 aromatic rings. The highest BCUT2D eigenvalue weighted by Gasteiger charge is 2.19. The molecule has 21 heavy (non-hydrogen) atoms. The lowest BCUT2D eigenvalue weighted by Crippen LogP contribution is -2.29. The molecule has 0 aliphatic carbocycles. The van der Waals surface area contributed by atoms with Crippen LogP contribution in [0.4, 0.5) is 10.9 Å². The highest BCUT2D eigenvalue weighted by Crippen LogP contribution is 2.27. The van der Waals surface area contributed by atoms with Crippen LogP contribution in [0.15, 0.2) is 0 Å². The van der Waals surface area contributed by atoms with Crippen LogP contribution in [0.5, 0.6) is 0 Å². The van der Waals surface area contributed by atoms with Gasteiger partial charge in [-0.2, -0.15) is 0 Å². The molecule has 4 N–H and O–H groups in total.